The van der Waals surface area contributed by atoms with Crippen LogP contribution in [0.1, 0.15) is 31.4 Å². The van der Waals surface area contributed by atoms with Crippen LogP contribution < -0.4 is 15.4 Å². The second kappa shape index (κ2) is 9.33. The number of rotatable bonds is 8. The number of carbonyl (C=O) groups excluding carboxylic acids is 1. The zero-order valence-corrected chi connectivity index (χ0v) is 15.7. The van der Waals surface area contributed by atoms with Crippen molar-refractivity contribution in [2.45, 2.75) is 39.3 Å². The Hall–Kier alpha value is -2.20. The van der Waals surface area contributed by atoms with Gasteiger partial charge in [-0.05, 0) is 48.2 Å². The van der Waals surface area contributed by atoms with Gasteiger partial charge in [0.25, 0.3) is 5.91 Å². The lowest BCUT2D eigenvalue weighted by Crippen LogP contribution is -2.37. The van der Waals surface area contributed by atoms with Gasteiger partial charge in [0.2, 0.25) is 0 Å². The number of hydrogen-bond acceptors (Lipinski definition) is 3. The molecule has 0 heterocycles. The molecule has 0 aliphatic heterocycles. The number of nitrogens with one attached hydrogen (secondary N) is 2. The second-order valence-electron chi connectivity index (χ2n) is 5.80. The Labute approximate surface area is 154 Å². The van der Waals surface area contributed by atoms with Crippen molar-refractivity contribution >= 4 is 23.2 Å². The van der Waals surface area contributed by atoms with Gasteiger partial charge in [-0.3, -0.25) is 4.79 Å². The maximum atomic E-state index is 12.4. The van der Waals surface area contributed by atoms with Crippen LogP contribution in [0.5, 0.6) is 5.75 Å². The molecule has 1 atom stereocenters. The smallest absolute Gasteiger partial charge is 0.261 e. The third kappa shape index (κ3) is 5.40. The highest BCUT2D eigenvalue weighted by Crippen LogP contribution is 2.27. The quantitative estimate of drug-likeness (QED) is 0.732. The van der Waals surface area contributed by atoms with Crippen LogP contribution in [-0.2, 0) is 17.8 Å². The predicted molar refractivity (Wildman–Crippen MR) is 103 cm³/mol. The van der Waals surface area contributed by atoms with Crippen molar-refractivity contribution < 1.29 is 9.53 Å². The van der Waals surface area contributed by atoms with Crippen molar-refractivity contribution in [3.8, 4) is 5.75 Å². The number of hydrogen-bond donors (Lipinski definition) is 2. The predicted octanol–water partition coefficient (Wildman–Crippen LogP) is 4.42. The summed E-state index contributed by atoms with van der Waals surface area (Å²) in [6, 6.07) is 13.6. The summed E-state index contributed by atoms with van der Waals surface area (Å²) in [4.78, 5) is 12.4. The van der Waals surface area contributed by atoms with E-state index in [4.69, 9.17) is 16.3 Å². The van der Waals surface area contributed by atoms with Gasteiger partial charge in [-0.15, -0.1) is 0 Å². The number of aryl methyl sites for hydroxylation is 1. The minimum absolute atomic E-state index is 0.145. The fourth-order valence-corrected chi connectivity index (χ4v) is 2.72. The average Bonchev–Trinajstić information content (AvgIpc) is 2.65. The molecule has 2 N–H and O–H groups in total. The molecule has 25 heavy (non-hydrogen) atoms. The van der Waals surface area contributed by atoms with E-state index in [9.17, 15) is 4.79 Å². The zero-order valence-electron chi connectivity index (χ0n) is 14.9. The van der Waals surface area contributed by atoms with E-state index < -0.39 is 6.10 Å². The van der Waals surface area contributed by atoms with Crippen LogP contribution in [0, 0.1) is 0 Å². The largest absolute Gasteiger partial charge is 0.479 e. The molecule has 1 unspecified atom stereocenters. The maximum Gasteiger partial charge on any atom is 0.261 e. The van der Waals surface area contributed by atoms with Gasteiger partial charge in [-0.25, -0.2) is 0 Å². The van der Waals surface area contributed by atoms with Crippen LogP contribution in [0.3, 0.4) is 0 Å². The van der Waals surface area contributed by atoms with Gasteiger partial charge >= 0.3 is 0 Å². The van der Waals surface area contributed by atoms with E-state index in [1.807, 2.05) is 56.4 Å². The monoisotopic (exact) mass is 360 g/mol. The molecule has 2 aromatic rings. The van der Waals surface area contributed by atoms with E-state index >= 15 is 0 Å². The molecule has 4 nitrogen and oxygen atoms in total. The van der Waals surface area contributed by atoms with Crippen LogP contribution in [0.15, 0.2) is 42.5 Å². The molecule has 5 heteroatoms. The highest BCUT2D eigenvalue weighted by Gasteiger charge is 2.19. The van der Waals surface area contributed by atoms with Crippen molar-refractivity contribution in [3.05, 3.63) is 58.6 Å². The van der Waals surface area contributed by atoms with Gasteiger partial charge in [-0.1, -0.05) is 43.6 Å². The van der Waals surface area contributed by atoms with Crippen LogP contribution in [0.4, 0.5) is 5.69 Å². The maximum absolute atomic E-state index is 12.4. The molecule has 0 radical (unpaired) electrons. The first-order valence-electron chi connectivity index (χ1n) is 8.56. The summed E-state index contributed by atoms with van der Waals surface area (Å²) in [6.07, 6.45) is 0.898. The number of anilines is 1. The summed E-state index contributed by atoms with van der Waals surface area (Å²) < 4.78 is 5.83. The molecular formula is C20H25ClN2O2. The summed E-state index contributed by atoms with van der Waals surface area (Å²) >= 11 is 6.26. The lowest BCUT2D eigenvalue weighted by Gasteiger charge is -2.18. The molecule has 0 saturated heterocycles. The highest BCUT2D eigenvalue weighted by atomic mass is 35.5. The molecule has 2 aromatic carbocycles. The summed E-state index contributed by atoms with van der Waals surface area (Å²) in [6.45, 7) is 4.44. The molecule has 1 amide bonds. The lowest BCUT2D eigenvalue weighted by molar-refractivity contribution is -0.128. The van der Waals surface area contributed by atoms with Crippen LogP contribution in [0.2, 0.25) is 5.02 Å². The van der Waals surface area contributed by atoms with E-state index in [0.717, 1.165) is 23.2 Å². The Balaban J connectivity index is 1.98. The first kappa shape index (κ1) is 19.1. The third-order valence-corrected chi connectivity index (χ3v) is 4.31. The Morgan fingerprint density at radius 2 is 1.96 bits per heavy atom. The van der Waals surface area contributed by atoms with E-state index in [2.05, 4.69) is 17.6 Å². The third-order valence-electron chi connectivity index (χ3n) is 4.02. The number of ether oxygens (including phenoxy) is 1. The van der Waals surface area contributed by atoms with Gasteiger partial charge in [0.05, 0.1) is 5.02 Å². The zero-order chi connectivity index (χ0) is 18.2. The molecule has 0 aliphatic carbocycles. The van der Waals surface area contributed by atoms with E-state index in [-0.39, 0.29) is 5.91 Å². The van der Waals surface area contributed by atoms with Crippen molar-refractivity contribution in [3.63, 3.8) is 0 Å². The topological polar surface area (TPSA) is 50.4 Å². The molecule has 0 saturated carbocycles. The van der Waals surface area contributed by atoms with Crippen molar-refractivity contribution in [2.75, 3.05) is 12.4 Å². The minimum atomic E-state index is -0.572. The van der Waals surface area contributed by atoms with Crippen molar-refractivity contribution in [1.29, 1.82) is 0 Å². The Bertz CT molecular complexity index is 719. The summed E-state index contributed by atoms with van der Waals surface area (Å²) in [5.74, 6) is 0.394. The average molecular weight is 361 g/mol. The standard InChI is InChI=1S/C20H25ClN2O2/c1-4-14-9-10-19(17(21)12-14)25-18(5-2)20(24)23-13-15-7-6-8-16(11-15)22-3/h6-12,18,22H,4-5,13H2,1-3H3,(H,23,24). The van der Waals surface area contributed by atoms with Crippen molar-refractivity contribution in [1.82, 2.24) is 5.32 Å². The van der Waals surface area contributed by atoms with Gasteiger partial charge in [0, 0.05) is 19.3 Å². The highest BCUT2D eigenvalue weighted by molar-refractivity contribution is 6.32. The molecular weight excluding hydrogens is 336 g/mol. The van der Waals surface area contributed by atoms with E-state index in [1.165, 1.54) is 0 Å². The first-order valence-corrected chi connectivity index (χ1v) is 8.94. The van der Waals surface area contributed by atoms with Gasteiger partial charge in [0.15, 0.2) is 6.10 Å². The number of benzene rings is 2. The van der Waals surface area contributed by atoms with Gasteiger partial charge in [-0.2, -0.15) is 0 Å². The minimum Gasteiger partial charge on any atom is -0.479 e. The molecule has 134 valence electrons. The SMILES string of the molecule is CCc1ccc(OC(CC)C(=O)NCc2cccc(NC)c2)c(Cl)c1. The summed E-state index contributed by atoms with van der Waals surface area (Å²) in [5, 5.41) is 6.55. The number of carbonyl (C=O) groups is 1. The molecule has 0 aliphatic rings. The summed E-state index contributed by atoms with van der Waals surface area (Å²) in [5.41, 5.74) is 3.18. The van der Waals surface area contributed by atoms with E-state index in [0.29, 0.717) is 23.7 Å². The van der Waals surface area contributed by atoms with E-state index in [1.54, 1.807) is 0 Å². The number of halogens is 1. The first-order chi connectivity index (χ1) is 12.1. The Morgan fingerprint density at radius 3 is 2.60 bits per heavy atom. The van der Waals surface area contributed by atoms with Gasteiger partial charge in [0.1, 0.15) is 5.75 Å². The molecule has 0 spiro atoms. The van der Waals surface area contributed by atoms with Crippen LogP contribution in [-0.4, -0.2) is 19.1 Å². The fourth-order valence-electron chi connectivity index (χ4n) is 2.48. The molecule has 0 bridgehead atoms. The van der Waals surface area contributed by atoms with Crippen LogP contribution in [0.25, 0.3) is 0 Å². The Kier molecular flexibility index (Phi) is 7.14. The lowest BCUT2D eigenvalue weighted by atomic mass is 10.1. The van der Waals surface area contributed by atoms with Gasteiger partial charge < -0.3 is 15.4 Å². The molecule has 0 fully saturated rings. The molecule has 2 rings (SSSR count). The van der Waals surface area contributed by atoms with Crippen LogP contribution >= 0.6 is 11.6 Å². The Morgan fingerprint density at radius 1 is 1.16 bits per heavy atom. The second-order valence-corrected chi connectivity index (χ2v) is 6.21. The summed E-state index contributed by atoms with van der Waals surface area (Å²) in [7, 11) is 1.87. The fraction of sp³-hybridized carbons (Fsp3) is 0.350. The normalized spacial score (nSPS) is 11.7. The van der Waals surface area contributed by atoms with Crippen molar-refractivity contribution in [2.24, 2.45) is 0 Å². The number of amides is 1. The molecule has 0 aromatic heterocycles.